The van der Waals surface area contributed by atoms with Crippen LogP contribution in [0, 0.1) is 11.7 Å². The molecule has 0 unspecified atom stereocenters. The third kappa shape index (κ3) is 5.07. The molecular formula is C19H24FN5O3S. The minimum absolute atomic E-state index is 0.148. The molecule has 2 aromatic rings. The van der Waals surface area contributed by atoms with Gasteiger partial charge in [-0.3, -0.25) is 4.79 Å². The van der Waals surface area contributed by atoms with Gasteiger partial charge in [0.15, 0.2) is 5.82 Å². The average Bonchev–Trinajstić information content (AvgIpc) is 2.73. The van der Waals surface area contributed by atoms with E-state index < -0.39 is 15.8 Å². The number of sulfonamides is 1. The Morgan fingerprint density at radius 2 is 1.76 bits per heavy atom. The van der Waals surface area contributed by atoms with Crippen molar-refractivity contribution >= 4 is 21.9 Å². The van der Waals surface area contributed by atoms with E-state index in [0.717, 1.165) is 42.6 Å². The molecule has 29 heavy (non-hydrogen) atoms. The van der Waals surface area contributed by atoms with E-state index in [4.69, 9.17) is 0 Å². The van der Waals surface area contributed by atoms with Gasteiger partial charge in [0.2, 0.25) is 16.0 Å². The molecule has 0 radical (unpaired) electrons. The van der Waals surface area contributed by atoms with Gasteiger partial charge < -0.3 is 10.2 Å². The number of carbonyl (C=O) groups excluding carboxylic acids is 1. The largest absolute Gasteiger partial charge is 0.352 e. The zero-order chi connectivity index (χ0) is 21.0. The zero-order valence-corrected chi connectivity index (χ0v) is 17.2. The van der Waals surface area contributed by atoms with Crippen LogP contribution in [-0.2, 0) is 10.0 Å². The minimum Gasteiger partial charge on any atom is -0.352 e. The van der Waals surface area contributed by atoms with Crippen LogP contribution >= 0.6 is 0 Å². The molecule has 8 nitrogen and oxygen atoms in total. The molecule has 0 bridgehead atoms. The van der Waals surface area contributed by atoms with Gasteiger partial charge in [-0.15, -0.1) is 0 Å². The van der Waals surface area contributed by atoms with E-state index in [2.05, 4.69) is 15.3 Å². The molecular weight excluding hydrogens is 397 g/mol. The molecule has 10 heteroatoms. The van der Waals surface area contributed by atoms with Gasteiger partial charge in [-0.25, -0.2) is 27.1 Å². The van der Waals surface area contributed by atoms with Crippen LogP contribution < -0.4 is 10.2 Å². The van der Waals surface area contributed by atoms with Crippen molar-refractivity contribution in [3.05, 3.63) is 48.0 Å². The maximum absolute atomic E-state index is 12.9. The van der Waals surface area contributed by atoms with Crippen molar-refractivity contribution in [2.45, 2.75) is 17.7 Å². The Bertz CT molecular complexity index is 941. The number of carbonyl (C=O) groups is 1. The molecule has 0 saturated carbocycles. The van der Waals surface area contributed by atoms with Crippen molar-refractivity contribution in [1.82, 2.24) is 19.6 Å². The Kier molecular flexibility index (Phi) is 6.43. The number of hydrogen-bond acceptors (Lipinski definition) is 6. The fourth-order valence-corrected chi connectivity index (χ4v) is 4.04. The molecule has 1 aliphatic rings. The molecule has 1 N–H and O–H groups in total. The number of piperidine rings is 1. The van der Waals surface area contributed by atoms with E-state index in [1.807, 2.05) is 4.90 Å². The third-order valence-corrected chi connectivity index (χ3v) is 6.78. The Hall–Kier alpha value is -2.59. The third-order valence-electron chi connectivity index (χ3n) is 4.95. The maximum Gasteiger partial charge on any atom is 0.251 e. The van der Waals surface area contributed by atoms with E-state index in [0.29, 0.717) is 24.0 Å². The van der Waals surface area contributed by atoms with E-state index in [1.54, 1.807) is 0 Å². The Morgan fingerprint density at radius 1 is 1.17 bits per heavy atom. The summed E-state index contributed by atoms with van der Waals surface area (Å²) in [5.41, 5.74) is 0.417. The number of halogens is 1. The predicted molar refractivity (Wildman–Crippen MR) is 107 cm³/mol. The van der Waals surface area contributed by atoms with Gasteiger partial charge in [0.1, 0.15) is 0 Å². The molecule has 1 saturated heterocycles. The van der Waals surface area contributed by atoms with E-state index in [9.17, 15) is 17.6 Å². The first kappa shape index (κ1) is 21.1. The lowest BCUT2D eigenvalue weighted by atomic mass is 9.97. The zero-order valence-electron chi connectivity index (χ0n) is 16.4. The van der Waals surface area contributed by atoms with E-state index in [1.165, 1.54) is 38.4 Å². The number of nitrogens with zero attached hydrogens (tertiary/aromatic N) is 4. The minimum atomic E-state index is -3.51. The summed E-state index contributed by atoms with van der Waals surface area (Å²) in [6.07, 6.45) is 4.04. The number of amides is 1. The highest BCUT2D eigenvalue weighted by atomic mass is 32.2. The van der Waals surface area contributed by atoms with Crippen molar-refractivity contribution in [2.24, 2.45) is 5.92 Å². The van der Waals surface area contributed by atoms with Gasteiger partial charge in [0.25, 0.3) is 5.91 Å². The maximum atomic E-state index is 12.9. The van der Waals surface area contributed by atoms with Crippen molar-refractivity contribution in [3.63, 3.8) is 0 Å². The lowest BCUT2D eigenvalue weighted by Crippen LogP contribution is -2.39. The van der Waals surface area contributed by atoms with Crippen LogP contribution in [0.15, 0.2) is 41.6 Å². The molecule has 0 aliphatic carbocycles. The van der Waals surface area contributed by atoms with Crippen LogP contribution in [0.2, 0.25) is 0 Å². The van der Waals surface area contributed by atoms with Crippen LogP contribution in [0.4, 0.5) is 10.3 Å². The predicted octanol–water partition coefficient (Wildman–Crippen LogP) is 1.51. The second-order valence-corrected chi connectivity index (χ2v) is 9.31. The van der Waals surface area contributed by atoms with Gasteiger partial charge in [-0.2, -0.15) is 0 Å². The topological polar surface area (TPSA) is 95.5 Å². The fraction of sp³-hybridized carbons (Fsp3) is 0.421. The van der Waals surface area contributed by atoms with Gasteiger partial charge in [-0.05, 0) is 43.0 Å². The van der Waals surface area contributed by atoms with Crippen molar-refractivity contribution in [2.75, 3.05) is 38.6 Å². The van der Waals surface area contributed by atoms with Crippen LogP contribution in [0.1, 0.15) is 23.2 Å². The standard InChI is InChI=1S/C19H24FN5O3S/c1-24(2)29(27,28)17-5-3-15(4-6-17)18(26)21-11-14-7-9-25(10-8-14)19-22-12-16(20)13-23-19/h3-6,12-14H,7-11H2,1-2H3,(H,21,26). The number of anilines is 1. The Morgan fingerprint density at radius 3 is 2.31 bits per heavy atom. The summed E-state index contributed by atoms with van der Waals surface area (Å²) in [6.45, 7) is 2.02. The van der Waals surface area contributed by atoms with Gasteiger partial charge in [-0.1, -0.05) is 0 Å². The van der Waals surface area contributed by atoms with Crippen molar-refractivity contribution < 1.29 is 17.6 Å². The molecule has 156 valence electrons. The molecule has 1 aromatic heterocycles. The van der Waals surface area contributed by atoms with E-state index >= 15 is 0 Å². The quantitative estimate of drug-likeness (QED) is 0.760. The second kappa shape index (κ2) is 8.83. The average molecular weight is 421 g/mol. The smallest absolute Gasteiger partial charge is 0.251 e. The molecule has 3 rings (SSSR count). The summed E-state index contributed by atoms with van der Waals surface area (Å²) in [5, 5.41) is 2.91. The van der Waals surface area contributed by atoms with Crippen LogP contribution in [0.3, 0.4) is 0 Å². The number of benzene rings is 1. The summed E-state index contributed by atoms with van der Waals surface area (Å²) >= 11 is 0. The summed E-state index contributed by atoms with van der Waals surface area (Å²) in [7, 11) is -0.590. The van der Waals surface area contributed by atoms with Crippen LogP contribution in [-0.4, -0.2) is 62.3 Å². The monoisotopic (exact) mass is 421 g/mol. The number of rotatable bonds is 6. The first-order chi connectivity index (χ1) is 13.8. The van der Waals surface area contributed by atoms with Crippen molar-refractivity contribution in [3.8, 4) is 0 Å². The SMILES string of the molecule is CN(C)S(=O)(=O)c1ccc(C(=O)NCC2CCN(c3ncc(F)cn3)CC2)cc1. The van der Waals surface area contributed by atoms with Crippen LogP contribution in [0.25, 0.3) is 0 Å². The number of nitrogens with one attached hydrogen (secondary N) is 1. The highest BCUT2D eigenvalue weighted by Gasteiger charge is 2.22. The normalized spacial score (nSPS) is 15.5. The summed E-state index contributed by atoms with van der Waals surface area (Å²) in [5.74, 6) is 0.146. The molecule has 1 fully saturated rings. The highest BCUT2D eigenvalue weighted by molar-refractivity contribution is 7.89. The highest BCUT2D eigenvalue weighted by Crippen LogP contribution is 2.20. The molecule has 1 aliphatic heterocycles. The molecule has 1 amide bonds. The van der Waals surface area contributed by atoms with Gasteiger partial charge in [0, 0.05) is 39.3 Å². The Balaban J connectivity index is 1.49. The van der Waals surface area contributed by atoms with Gasteiger partial charge >= 0.3 is 0 Å². The summed E-state index contributed by atoms with van der Waals surface area (Å²) in [6, 6.07) is 5.90. The van der Waals surface area contributed by atoms with Crippen LogP contribution in [0.5, 0.6) is 0 Å². The number of aromatic nitrogens is 2. The van der Waals surface area contributed by atoms with Crippen molar-refractivity contribution in [1.29, 1.82) is 0 Å². The molecule has 2 heterocycles. The summed E-state index contributed by atoms with van der Waals surface area (Å²) in [4.78, 5) is 22.5. The number of hydrogen-bond donors (Lipinski definition) is 1. The second-order valence-electron chi connectivity index (χ2n) is 7.15. The lowest BCUT2D eigenvalue weighted by molar-refractivity contribution is 0.0944. The van der Waals surface area contributed by atoms with E-state index in [-0.39, 0.29) is 10.8 Å². The molecule has 0 spiro atoms. The lowest BCUT2D eigenvalue weighted by Gasteiger charge is -2.31. The molecule has 0 atom stereocenters. The Labute approximate surface area is 169 Å². The van der Waals surface area contributed by atoms with Gasteiger partial charge in [0.05, 0.1) is 17.3 Å². The first-order valence-electron chi connectivity index (χ1n) is 9.30. The molecule has 1 aromatic carbocycles. The first-order valence-corrected chi connectivity index (χ1v) is 10.7. The summed E-state index contributed by atoms with van der Waals surface area (Å²) < 4.78 is 38.2. The fourth-order valence-electron chi connectivity index (χ4n) is 3.13.